The van der Waals surface area contributed by atoms with Crippen molar-refractivity contribution in [1.29, 1.82) is 0 Å². The third-order valence-corrected chi connectivity index (χ3v) is 7.38. The number of cyclic esters (lactones) is 1. The number of benzene rings is 2. The summed E-state index contributed by atoms with van der Waals surface area (Å²) in [4.78, 5) is 52.5. The first-order chi connectivity index (χ1) is 21.0. The van der Waals surface area contributed by atoms with Crippen molar-refractivity contribution in [1.82, 2.24) is 9.88 Å². The Labute approximate surface area is 249 Å². The summed E-state index contributed by atoms with van der Waals surface area (Å²) in [6, 6.07) is 7.12. The van der Waals surface area contributed by atoms with Crippen LogP contribution >= 0.6 is 0 Å². The highest BCUT2D eigenvalue weighted by Gasteiger charge is 2.33. The van der Waals surface area contributed by atoms with E-state index in [4.69, 9.17) is 4.74 Å². The lowest BCUT2D eigenvalue weighted by atomic mass is 10.1. The van der Waals surface area contributed by atoms with Crippen molar-refractivity contribution in [3.05, 3.63) is 63.9 Å². The number of rotatable bonds is 7. The van der Waals surface area contributed by atoms with Crippen molar-refractivity contribution in [2.45, 2.75) is 26.5 Å². The summed E-state index contributed by atoms with van der Waals surface area (Å²) in [6.07, 6.45) is 0.111. The molecule has 2 aromatic carbocycles. The number of halogens is 4. The number of aryl methyl sites for hydroxylation is 1. The molecule has 2 amide bonds. The molecule has 16 heteroatoms. The zero-order valence-corrected chi connectivity index (χ0v) is 23.9. The van der Waals surface area contributed by atoms with Gasteiger partial charge in [0.2, 0.25) is 11.3 Å². The Morgan fingerprint density at radius 2 is 1.64 bits per heavy atom. The summed E-state index contributed by atoms with van der Waals surface area (Å²) < 4.78 is 56.3. The van der Waals surface area contributed by atoms with Gasteiger partial charge in [-0.25, -0.2) is 18.4 Å². The van der Waals surface area contributed by atoms with E-state index in [2.05, 4.69) is 5.32 Å². The van der Waals surface area contributed by atoms with Crippen molar-refractivity contribution < 1.29 is 41.6 Å². The lowest BCUT2D eigenvalue weighted by molar-refractivity contribution is -0.119. The molecular formula is C28H29BF4N5O6. The smallest absolute Gasteiger partial charge is 0.477 e. The van der Waals surface area contributed by atoms with Gasteiger partial charge in [-0.05, 0) is 37.3 Å². The molecule has 2 aliphatic heterocycles. The van der Waals surface area contributed by atoms with Crippen molar-refractivity contribution in [2.75, 3.05) is 54.0 Å². The first-order valence-electron chi connectivity index (χ1n) is 13.6. The molecule has 2 saturated heterocycles. The summed E-state index contributed by atoms with van der Waals surface area (Å²) in [5.74, 6) is -2.77. The number of piperazine rings is 1. The number of carboxylic acids is 1. The fourth-order valence-electron chi connectivity index (χ4n) is 5.26. The summed E-state index contributed by atoms with van der Waals surface area (Å²) >= 11 is 0. The van der Waals surface area contributed by atoms with Gasteiger partial charge in [-0.15, -0.1) is 0 Å². The maximum Gasteiger partial charge on any atom is 0.577 e. The molecule has 2 aliphatic rings. The third kappa shape index (κ3) is 6.73. The zero-order valence-electron chi connectivity index (χ0n) is 23.9. The predicted molar refractivity (Wildman–Crippen MR) is 156 cm³/mol. The Bertz CT molecular complexity index is 1630. The summed E-state index contributed by atoms with van der Waals surface area (Å²) in [5.41, 5.74) is 0.236. The van der Waals surface area contributed by atoms with E-state index in [0.717, 1.165) is 6.07 Å². The number of aromatic nitrogens is 1. The van der Waals surface area contributed by atoms with Crippen LogP contribution in [0.3, 0.4) is 0 Å². The fraction of sp³-hybridized carbons (Fsp3) is 0.357. The van der Waals surface area contributed by atoms with Crippen LogP contribution in [0.15, 0.2) is 41.3 Å². The van der Waals surface area contributed by atoms with Gasteiger partial charge in [0.05, 0.1) is 35.7 Å². The Hall–Kier alpha value is -4.76. The second-order valence-electron chi connectivity index (χ2n) is 10.0. The molecule has 5 rings (SSSR count). The molecule has 2 fully saturated rings. The number of carbonyl (C=O) groups excluding carboxylic acids is 2. The highest BCUT2D eigenvalue weighted by atomic mass is 19.2. The van der Waals surface area contributed by atoms with E-state index in [1.807, 2.05) is 9.80 Å². The number of carboxylic acid groups (broad SMARTS) is 1. The summed E-state index contributed by atoms with van der Waals surface area (Å²) in [6.45, 7) is 5.41. The molecule has 0 bridgehead atoms. The van der Waals surface area contributed by atoms with Crippen LogP contribution in [0.4, 0.5) is 39.3 Å². The molecule has 0 aliphatic carbocycles. The number of hydrogen-bond acceptors (Lipinski definition) is 7. The van der Waals surface area contributed by atoms with Crippen molar-refractivity contribution in [3.63, 3.8) is 0 Å². The number of fused-ring (bicyclic) bond motifs is 1. The minimum Gasteiger partial charge on any atom is -0.477 e. The molecule has 233 valence electrons. The number of aromatic carboxylic acids is 1. The quantitative estimate of drug-likeness (QED) is 0.306. The Kier molecular flexibility index (Phi) is 10.0. The summed E-state index contributed by atoms with van der Waals surface area (Å²) in [7, 11) is -1.00. The van der Waals surface area contributed by atoms with Crippen LogP contribution in [0, 0.1) is 11.6 Å². The maximum absolute atomic E-state index is 15.2. The van der Waals surface area contributed by atoms with Gasteiger partial charge in [0.1, 0.15) is 23.3 Å². The topological polar surface area (TPSA) is 124 Å². The van der Waals surface area contributed by atoms with Crippen molar-refractivity contribution in [3.8, 4) is 0 Å². The number of pyridine rings is 1. The maximum atomic E-state index is 15.2. The van der Waals surface area contributed by atoms with Crippen molar-refractivity contribution >= 4 is 53.8 Å². The third-order valence-electron chi connectivity index (χ3n) is 7.38. The number of hydrogen-bond donors (Lipinski definition) is 2. The van der Waals surface area contributed by atoms with Crippen LogP contribution in [0.2, 0.25) is 0 Å². The van der Waals surface area contributed by atoms with Crippen LogP contribution < -0.4 is 25.4 Å². The number of nitrogens with zero attached hydrogens (tertiary/aromatic N) is 4. The van der Waals surface area contributed by atoms with E-state index in [9.17, 15) is 32.9 Å². The van der Waals surface area contributed by atoms with Crippen LogP contribution in [0.1, 0.15) is 24.2 Å². The lowest BCUT2D eigenvalue weighted by Crippen LogP contribution is -2.47. The molecule has 11 nitrogen and oxygen atoms in total. The SMILES string of the molecule is CCn1cc(C(=O)O)c(=O)c2cc(F)c(N3CCN(c4ccc(N5C[C@H](CNC(C)=O)OC5=O)cc4F)CC3)cc21.F[B]F. The van der Waals surface area contributed by atoms with Crippen molar-refractivity contribution in [2.24, 2.45) is 0 Å². The van der Waals surface area contributed by atoms with Gasteiger partial charge in [0, 0.05) is 51.2 Å². The first kappa shape index (κ1) is 32.2. The highest BCUT2D eigenvalue weighted by molar-refractivity contribution is 6.15. The lowest BCUT2D eigenvalue weighted by Gasteiger charge is -2.37. The Morgan fingerprint density at radius 1 is 1.02 bits per heavy atom. The Morgan fingerprint density at radius 3 is 2.20 bits per heavy atom. The molecule has 3 aromatic rings. The van der Waals surface area contributed by atoms with Crippen LogP contribution in [-0.4, -0.2) is 80.8 Å². The fourth-order valence-corrected chi connectivity index (χ4v) is 5.26. The van der Waals surface area contributed by atoms with E-state index in [1.165, 1.54) is 24.1 Å². The summed E-state index contributed by atoms with van der Waals surface area (Å²) in [5, 5.41) is 12.0. The molecule has 2 N–H and O–H groups in total. The number of amides is 2. The average molecular weight is 618 g/mol. The molecular weight excluding hydrogens is 589 g/mol. The molecule has 3 heterocycles. The standard InChI is InChI=1S/C28H29F2N5O6.BF2/c1-3-32-15-20(27(38)39)26(37)19-11-22(30)25(12-24(19)32)34-8-6-33(7-9-34)23-5-4-17(10-21(23)29)35-14-18(41-28(35)40)13-31-16(2)36;2-1-3/h4-5,10-12,15,18H,3,6-9,13-14H2,1-2H3,(H,31,36)(H,38,39);/t18-;/m0./s1. The van der Waals surface area contributed by atoms with Gasteiger partial charge in [-0.3, -0.25) is 23.1 Å². The van der Waals surface area contributed by atoms with Gasteiger partial charge < -0.3 is 29.5 Å². The molecule has 44 heavy (non-hydrogen) atoms. The molecule has 1 aromatic heterocycles. The van der Waals surface area contributed by atoms with Gasteiger partial charge in [0.25, 0.3) is 0 Å². The van der Waals surface area contributed by atoms with Gasteiger partial charge >= 0.3 is 19.9 Å². The molecule has 1 atom stereocenters. The van der Waals surface area contributed by atoms with E-state index in [0.29, 0.717) is 49.6 Å². The second-order valence-corrected chi connectivity index (χ2v) is 10.0. The zero-order chi connectivity index (χ0) is 32.1. The van der Waals surface area contributed by atoms with Gasteiger partial charge in [0.15, 0.2) is 0 Å². The van der Waals surface area contributed by atoms with Crippen LogP contribution in [-0.2, 0) is 16.1 Å². The van der Waals surface area contributed by atoms with Crippen LogP contribution in [0.25, 0.3) is 10.9 Å². The van der Waals surface area contributed by atoms with E-state index < -0.39 is 48.6 Å². The highest BCUT2D eigenvalue weighted by Crippen LogP contribution is 2.31. The van der Waals surface area contributed by atoms with Crippen LogP contribution in [0.5, 0.6) is 0 Å². The van der Waals surface area contributed by atoms with Gasteiger partial charge in [-0.1, -0.05) is 0 Å². The molecule has 0 spiro atoms. The second kappa shape index (κ2) is 13.7. The van der Waals surface area contributed by atoms with E-state index in [1.54, 1.807) is 29.7 Å². The monoisotopic (exact) mass is 618 g/mol. The number of carbonyl (C=O) groups is 3. The average Bonchev–Trinajstić information content (AvgIpc) is 3.37. The number of nitrogens with one attached hydrogen (secondary N) is 1. The molecule has 1 radical (unpaired) electrons. The molecule has 0 saturated carbocycles. The van der Waals surface area contributed by atoms with Gasteiger partial charge in [-0.2, -0.15) is 0 Å². The predicted octanol–water partition coefficient (Wildman–Crippen LogP) is 3.25. The normalized spacial score (nSPS) is 16.4. The largest absolute Gasteiger partial charge is 0.577 e. The van der Waals surface area contributed by atoms with E-state index in [-0.39, 0.29) is 30.1 Å². The number of ether oxygens (including phenoxy) is 1. The van der Waals surface area contributed by atoms with E-state index >= 15 is 8.78 Å². The minimum atomic E-state index is -1.37. The Balaban J connectivity index is 0.00000141. The number of anilines is 3. The molecule has 0 unspecified atom stereocenters. The minimum absolute atomic E-state index is 0.00267. The first-order valence-corrected chi connectivity index (χ1v) is 13.6.